The van der Waals surface area contributed by atoms with Crippen molar-refractivity contribution >= 4 is 21.8 Å². The lowest BCUT2D eigenvalue weighted by atomic mass is 9.99. The summed E-state index contributed by atoms with van der Waals surface area (Å²) >= 11 is 0. The summed E-state index contributed by atoms with van der Waals surface area (Å²) in [6.07, 6.45) is 3.65. The Bertz CT molecular complexity index is 2210. The molecule has 3 aromatic heterocycles. The Morgan fingerprint density at radius 2 is 0.978 bits per heavy atom. The third-order valence-electron chi connectivity index (χ3n) is 8.27. The molecule has 0 aliphatic rings. The van der Waals surface area contributed by atoms with Crippen molar-refractivity contribution in [1.29, 1.82) is 0 Å². The average Bonchev–Trinajstić information content (AvgIpc) is 3.41. The third-order valence-corrected chi connectivity index (χ3v) is 8.27. The maximum atomic E-state index is 5.11. The van der Waals surface area contributed by atoms with E-state index in [1.165, 1.54) is 32.9 Å². The molecule has 0 atom stereocenters. The predicted octanol–water partition coefficient (Wildman–Crippen LogP) is 9.65. The normalized spacial score (nSPS) is 11.3. The van der Waals surface area contributed by atoms with Crippen LogP contribution in [0.2, 0.25) is 0 Å². The van der Waals surface area contributed by atoms with Gasteiger partial charge in [-0.15, -0.1) is 0 Å². The Labute approximate surface area is 261 Å². The van der Waals surface area contributed by atoms with Gasteiger partial charge in [-0.3, -0.25) is 4.98 Å². The average molecular weight is 580 g/mol. The minimum absolute atomic E-state index is 0.615. The zero-order valence-corrected chi connectivity index (χ0v) is 25.0. The quantitative estimate of drug-likeness (QED) is 0.204. The number of hydrogen-bond acceptors (Lipinski definition) is 4. The zero-order valence-electron chi connectivity index (χ0n) is 25.0. The molecule has 5 heteroatoms. The van der Waals surface area contributed by atoms with Crippen molar-refractivity contribution in [1.82, 2.24) is 24.5 Å². The second-order valence-corrected chi connectivity index (χ2v) is 11.4. The molecule has 0 saturated heterocycles. The Kier molecular flexibility index (Phi) is 6.50. The van der Waals surface area contributed by atoms with Crippen LogP contribution in [0.25, 0.3) is 72.8 Å². The van der Waals surface area contributed by atoms with Gasteiger partial charge in [-0.1, -0.05) is 91.0 Å². The highest BCUT2D eigenvalue weighted by Gasteiger charge is 2.19. The van der Waals surface area contributed by atoms with Crippen molar-refractivity contribution in [3.05, 3.63) is 151 Å². The molecule has 0 N–H and O–H groups in total. The zero-order chi connectivity index (χ0) is 30.3. The molecule has 0 unspecified atom stereocenters. The maximum Gasteiger partial charge on any atom is 0.164 e. The number of aromatic nitrogens is 5. The van der Waals surface area contributed by atoms with Crippen molar-refractivity contribution in [2.75, 3.05) is 0 Å². The number of aryl methyl sites for hydroxylation is 2. The lowest BCUT2D eigenvalue weighted by molar-refractivity contribution is 1.07. The predicted molar refractivity (Wildman–Crippen MR) is 183 cm³/mol. The van der Waals surface area contributed by atoms with Gasteiger partial charge in [-0.25, -0.2) is 15.0 Å². The van der Waals surface area contributed by atoms with Gasteiger partial charge in [0.2, 0.25) is 0 Å². The first kappa shape index (κ1) is 26.7. The fourth-order valence-electron chi connectivity index (χ4n) is 6.09. The summed E-state index contributed by atoms with van der Waals surface area (Å²) in [6, 6.07) is 44.2. The number of rotatable bonds is 5. The number of benzene rings is 5. The molecule has 0 spiro atoms. The molecule has 0 radical (unpaired) electrons. The van der Waals surface area contributed by atoms with Gasteiger partial charge in [0.1, 0.15) is 0 Å². The Morgan fingerprint density at radius 1 is 0.444 bits per heavy atom. The fraction of sp³-hybridized carbons (Fsp3) is 0.0500. The van der Waals surface area contributed by atoms with Crippen LogP contribution in [0.5, 0.6) is 0 Å². The molecule has 214 valence electrons. The smallest absolute Gasteiger partial charge is 0.164 e. The lowest BCUT2D eigenvalue weighted by Crippen LogP contribution is -2.02. The Morgan fingerprint density at radius 3 is 1.53 bits per heavy atom. The van der Waals surface area contributed by atoms with Gasteiger partial charge in [0.15, 0.2) is 17.5 Å². The van der Waals surface area contributed by atoms with Crippen molar-refractivity contribution in [3.8, 4) is 51.0 Å². The molecule has 45 heavy (non-hydrogen) atoms. The molecule has 5 nitrogen and oxygen atoms in total. The topological polar surface area (TPSA) is 56.5 Å². The van der Waals surface area contributed by atoms with Crippen LogP contribution < -0.4 is 0 Å². The summed E-state index contributed by atoms with van der Waals surface area (Å²) in [7, 11) is 0. The van der Waals surface area contributed by atoms with Gasteiger partial charge in [0, 0.05) is 45.5 Å². The van der Waals surface area contributed by atoms with Crippen LogP contribution >= 0.6 is 0 Å². The summed E-state index contributed by atoms with van der Waals surface area (Å²) in [5.41, 5.74) is 10.7. The van der Waals surface area contributed by atoms with Gasteiger partial charge in [-0.05, 0) is 72.5 Å². The molecule has 0 aliphatic carbocycles. The number of pyridine rings is 1. The minimum atomic E-state index is 0.615. The van der Waals surface area contributed by atoms with E-state index in [2.05, 4.69) is 78.0 Å². The third kappa shape index (κ3) is 4.85. The van der Waals surface area contributed by atoms with E-state index in [1.807, 2.05) is 85.2 Å². The molecule has 0 saturated carbocycles. The van der Waals surface area contributed by atoms with Crippen molar-refractivity contribution < 1.29 is 0 Å². The number of nitrogens with zero attached hydrogens (tertiary/aromatic N) is 5. The monoisotopic (exact) mass is 579 g/mol. The van der Waals surface area contributed by atoms with Gasteiger partial charge in [0.25, 0.3) is 0 Å². The van der Waals surface area contributed by atoms with Gasteiger partial charge in [-0.2, -0.15) is 0 Å². The van der Waals surface area contributed by atoms with E-state index in [4.69, 9.17) is 15.0 Å². The van der Waals surface area contributed by atoms with Gasteiger partial charge in [0.05, 0.1) is 11.0 Å². The van der Waals surface area contributed by atoms with E-state index in [0.29, 0.717) is 17.5 Å². The molecule has 5 aromatic carbocycles. The van der Waals surface area contributed by atoms with E-state index in [1.54, 1.807) is 0 Å². The standard InChI is InChI=1S/C40H29N5/c1-26-13-16-33-34-17-14-27(2)24-37(34)45(36(33)23-26)31-15-18-32(28-19-21-41-22-20-28)35(25-31)40-43-38(29-9-5-3-6-10-29)42-39(44-40)30-11-7-4-8-12-30/h3-25H,1-2H3. The Hall–Kier alpha value is -5.94. The van der Waals surface area contributed by atoms with Crippen LogP contribution in [0.4, 0.5) is 0 Å². The van der Waals surface area contributed by atoms with Crippen LogP contribution in [0.15, 0.2) is 140 Å². The first-order valence-corrected chi connectivity index (χ1v) is 15.1. The second kappa shape index (κ2) is 11.0. The van der Waals surface area contributed by atoms with Crippen molar-refractivity contribution in [2.45, 2.75) is 13.8 Å². The van der Waals surface area contributed by atoms with Gasteiger partial charge < -0.3 is 4.57 Å². The van der Waals surface area contributed by atoms with Crippen LogP contribution in [-0.4, -0.2) is 24.5 Å². The Balaban J connectivity index is 1.44. The van der Waals surface area contributed by atoms with Crippen molar-refractivity contribution in [2.24, 2.45) is 0 Å². The van der Waals surface area contributed by atoms with E-state index in [-0.39, 0.29) is 0 Å². The van der Waals surface area contributed by atoms with Crippen LogP contribution in [0, 0.1) is 13.8 Å². The molecule has 0 amide bonds. The highest BCUT2D eigenvalue weighted by atomic mass is 15.0. The largest absolute Gasteiger partial charge is 0.309 e. The van der Waals surface area contributed by atoms with E-state index in [0.717, 1.165) is 33.5 Å². The van der Waals surface area contributed by atoms with Crippen LogP contribution in [0.1, 0.15) is 11.1 Å². The highest BCUT2D eigenvalue weighted by Crippen LogP contribution is 2.38. The first-order chi connectivity index (χ1) is 22.1. The molecule has 0 aliphatic heterocycles. The van der Waals surface area contributed by atoms with E-state index >= 15 is 0 Å². The molecular formula is C40H29N5. The summed E-state index contributed by atoms with van der Waals surface area (Å²) in [6.45, 7) is 4.29. The molecule has 8 aromatic rings. The first-order valence-electron chi connectivity index (χ1n) is 15.1. The minimum Gasteiger partial charge on any atom is -0.309 e. The summed E-state index contributed by atoms with van der Waals surface area (Å²) in [4.78, 5) is 19.4. The van der Waals surface area contributed by atoms with E-state index in [9.17, 15) is 0 Å². The summed E-state index contributed by atoms with van der Waals surface area (Å²) in [5.74, 6) is 1.88. The highest BCUT2D eigenvalue weighted by molar-refractivity contribution is 6.09. The molecular weight excluding hydrogens is 550 g/mol. The molecule has 0 bridgehead atoms. The lowest BCUT2D eigenvalue weighted by Gasteiger charge is -2.15. The van der Waals surface area contributed by atoms with Crippen LogP contribution in [0.3, 0.4) is 0 Å². The van der Waals surface area contributed by atoms with Crippen molar-refractivity contribution in [3.63, 3.8) is 0 Å². The summed E-state index contributed by atoms with van der Waals surface area (Å²) < 4.78 is 2.36. The van der Waals surface area contributed by atoms with Crippen LogP contribution in [-0.2, 0) is 0 Å². The number of hydrogen-bond donors (Lipinski definition) is 0. The van der Waals surface area contributed by atoms with Gasteiger partial charge >= 0.3 is 0 Å². The molecule has 8 rings (SSSR count). The van der Waals surface area contributed by atoms with E-state index < -0.39 is 0 Å². The molecule has 0 fully saturated rings. The maximum absolute atomic E-state index is 5.11. The second-order valence-electron chi connectivity index (χ2n) is 11.4. The fourth-order valence-corrected chi connectivity index (χ4v) is 6.09. The SMILES string of the molecule is Cc1ccc2c3ccc(C)cc3n(-c3ccc(-c4ccncc4)c(-c4nc(-c5ccccc5)nc(-c5ccccc5)n4)c3)c2c1. The number of fused-ring (bicyclic) bond motifs is 3. The summed E-state index contributed by atoms with van der Waals surface area (Å²) in [5, 5.41) is 2.46. The molecule has 3 heterocycles.